The van der Waals surface area contributed by atoms with Crippen LogP contribution in [0.4, 0.5) is 0 Å². The molecular formula is C14H13BrO5. The third kappa shape index (κ3) is 4.31. The first kappa shape index (κ1) is 16.1. The van der Waals surface area contributed by atoms with Gasteiger partial charge in [-0.2, -0.15) is 0 Å². The summed E-state index contributed by atoms with van der Waals surface area (Å²) < 4.78 is 0. The summed E-state index contributed by atoms with van der Waals surface area (Å²) in [4.78, 5) is 32.4. The first-order valence-corrected chi connectivity index (χ1v) is 6.63. The average Bonchev–Trinajstić information content (AvgIpc) is 2.35. The van der Waals surface area contributed by atoms with Gasteiger partial charge in [0.05, 0.1) is 11.2 Å². The fourth-order valence-corrected chi connectivity index (χ4v) is 2.15. The molecule has 6 heteroatoms. The van der Waals surface area contributed by atoms with E-state index in [0.29, 0.717) is 16.7 Å². The van der Waals surface area contributed by atoms with E-state index in [9.17, 15) is 14.4 Å². The number of ketones is 1. The lowest BCUT2D eigenvalue weighted by atomic mass is 9.95. The molecule has 106 valence electrons. The zero-order chi connectivity index (χ0) is 15.3. The zero-order valence-electron chi connectivity index (χ0n) is 10.7. The number of carbonyl (C=O) groups is 3. The molecule has 0 aliphatic heterocycles. The van der Waals surface area contributed by atoms with Gasteiger partial charge in [-0.05, 0) is 29.7 Å². The Kier molecular flexibility index (Phi) is 5.64. The maximum Gasteiger partial charge on any atom is 0.328 e. The predicted molar refractivity (Wildman–Crippen MR) is 76.8 cm³/mol. The van der Waals surface area contributed by atoms with Gasteiger partial charge in [-0.15, -0.1) is 0 Å². The van der Waals surface area contributed by atoms with Gasteiger partial charge in [0, 0.05) is 6.08 Å². The molecule has 2 N–H and O–H groups in total. The van der Waals surface area contributed by atoms with Crippen LogP contribution in [0.3, 0.4) is 0 Å². The van der Waals surface area contributed by atoms with Gasteiger partial charge in [0.25, 0.3) is 0 Å². The summed E-state index contributed by atoms with van der Waals surface area (Å²) in [5.74, 6) is -2.32. The molecule has 0 fully saturated rings. The summed E-state index contributed by atoms with van der Waals surface area (Å²) in [7, 11) is 0. The molecule has 0 radical (unpaired) electrons. The molecule has 1 atom stereocenters. The number of carbonyl (C=O) groups excluding carboxylic acids is 1. The van der Waals surface area contributed by atoms with Crippen molar-refractivity contribution >= 4 is 39.7 Å². The second-order valence-electron chi connectivity index (χ2n) is 4.14. The van der Waals surface area contributed by atoms with Gasteiger partial charge >= 0.3 is 11.9 Å². The van der Waals surface area contributed by atoms with Crippen molar-refractivity contribution in [2.45, 2.75) is 18.2 Å². The Morgan fingerprint density at radius 2 is 1.95 bits per heavy atom. The molecule has 1 unspecified atom stereocenters. The topological polar surface area (TPSA) is 91.7 Å². The normalized spacial score (nSPS) is 12.3. The second-order valence-corrected chi connectivity index (χ2v) is 5.05. The first-order valence-electron chi connectivity index (χ1n) is 5.72. The van der Waals surface area contributed by atoms with Crippen molar-refractivity contribution in [3.05, 3.63) is 41.0 Å². The van der Waals surface area contributed by atoms with Gasteiger partial charge in [-0.3, -0.25) is 9.59 Å². The molecule has 0 aliphatic rings. The molecule has 0 spiro atoms. The van der Waals surface area contributed by atoms with Gasteiger partial charge in [-0.25, -0.2) is 4.79 Å². The Morgan fingerprint density at radius 3 is 2.45 bits per heavy atom. The van der Waals surface area contributed by atoms with Crippen LogP contribution >= 0.6 is 15.9 Å². The number of Topliss-reactive ketones (excluding diaryl/α,β-unsaturated/α-hetero) is 1. The highest BCUT2D eigenvalue weighted by Gasteiger charge is 2.18. The third-order valence-electron chi connectivity index (χ3n) is 2.59. The minimum Gasteiger partial charge on any atom is -0.481 e. The van der Waals surface area contributed by atoms with Crippen LogP contribution in [0, 0.1) is 0 Å². The van der Waals surface area contributed by atoms with Gasteiger partial charge in [-0.1, -0.05) is 34.1 Å². The van der Waals surface area contributed by atoms with E-state index < -0.39 is 16.8 Å². The van der Waals surface area contributed by atoms with E-state index in [1.165, 1.54) is 13.0 Å². The highest BCUT2D eigenvalue weighted by atomic mass is 79.9. The molecule has 0 saturated heterocycles. The summed E-state index contributed by atoms with van der Waals surface area (Å²) in [5.41, 5.74) is 1.45. The van der Waals surface area contributed by atoms with E-state index in [-0.39, 0.29) is 12.2 Å². The van der Waals surface area contributed by atoms with E-state index in [0.717, 1.165) is 6.08 Å². The number of benzene rings is 1. The lowest BCUT2D eigenvalue weighted by Gasteiger charge is -2.13. The number of aliphatic carboxylic acids is 2. The van der Waals surface area contributed by atoms with E-state index in [4.69, 9.17) is 10.2 Å². The molecule has 0 heterocycles. The van der Waals surface area contributed by atoms with E-state index in [1.54, 1.807) is 18.2 Å². The van der Waals surface area contributed by atoms with Crippen molar-refractivity contribution in [2.75, 3.05) is 0 Å². The Bertz CT molecular complexity index is 577. The zero-order valence-corrected chi connectivity index (χ0v) is 12.3. The number of carboxylic acid groups (broad SMARTS) is 2. The monoisotopic (exact) mass is 340 g/mol. The van der Waals surface area contributed by atoms with Crippen LogP contribution in [0.25, 0.3) is 6.08 Å². The Labute approximate surface area is 124 Å². The molecule has 0 bridgehead atoms. The highest BCUT2D eigenvalue weighted by Crippen LogP contribution is 2.30. The fraction of sp³-hybridized carbons (Fsp3) is 0.214. The fourth-order valence-electron chi connectivity index (χ4n) is 1.75. The Hall–Kier alpha value is -1.95. The summed E-state index contributed by atoms with van der Waals surface area (Å²) in [6, 6.07) is 4.90. The lowest BCUT2D eigenvalue weighted by molar-refractivity contribution is -0.136. The number of hydrogen-bond acceptors (Lipinski definition) is 3. The largest absolute Gasteiger partial charge is 0.481 e. The SMILES string of the molecule is CC(=O)C(Br)c1cccc(CC(=O)O)c1C=CC(=O)O. The first-order chi connectivity index (χ1) is 9.32. The second kappa shape index (κ2) is 7.00. The molecule has 0 aromatic heterocycles. The molecule has 0 amide bonds. The number of halogens is 1. The van der Waals surface area contributed by atoms with Gasteiger partial charge in [0.1, 0.15) is 5.78 Å². The molecule has 20 heavy (non-hydrogen) atoms. The number of rotatable bonds is 6. The van der Waals surface area contributed by atoms with Crippen molar-refractivity contribution in [1.29, 1.82) is 0 Å². The molecule has 0 saturated carbocycles. The van der Waals surface area contributed by atoms with Crippen LogP contribution in [0.5, 0.6) is 0 Å². The van der Waals surface area contributed by atoms with Crippen molar-refractivity contribution in [3.63, 3.8) is 0 Å². The maximum atomic E-state index is 11.5. The highest BCUT2D eigenvalue weighted by molar-refractivity contribution is 9.09. The molecule has 0 aliphatic carbocycles. The summed E-state index contributed by atoms with van der Waals surface area (Å²) in [5, 5.41) is 17.6. The Morgan fingerprint density at radius 1 is 1.30 bits per heavy atom. The number of alkyl halides is 1. The van der Waals surface area contributed by atoms with Gasteiger partial charge in [0.2, 0.25) is 0 Å². The van der Waals surface area contributed by atoms with Crippen LogP contribution < -0.4 is 0 Å². The minimum atomic E-state index is -1.14. The molecule has 1 aromatic rings. The van der Waals surface area contributed by atoms with Gasteiger partial charge in [0.15, 0.2) is 0 Å². The molecule has 1 aromatic carbocycles. The van der Waals surface area contributed by atoms with Crippen LogP contribution in [0.1, 0.15) is 28.4 Å². The summed E-state index contributed by atoms with van der Waals surface area (Å²) >= 11 is 3.23. The van der Waals surface area contributed by atoms with E-state index in [1.807, 2.05) is 0 Å². The van der Waals surface area contributed by atoms with Crippen molar-refractivity contribution in [1.82, 2.24) is 0 Å². The molecule has 1 rings (SSSR count). The van der Waals surface area contributed by atoms with Gasteiger partial charge < -0.3 is 10.2 Å². The molecular weight excluding hydrogens is 328 g/mol. The standard InChI is InChI=1S/C14H13BrO5/c1-8(16)14(15)11-4-2-3-9(7-13(19)20)10(11)5-6-12(17)18/h2-6,14H,7H2,1H3,(H,17,18)(H,19,20). The summed E-state index contributed by atoms with van der Waals surface area (Å²) in [6.07, 6.45) is 1.99. The summed E-state index contributed by atoms with van der Waals surface area (Å²) in [6.45, 7) is 1.40. The number of hydrogen-bond donors (Lipinski definition) is 2. The van der Waals surface area contributed by atoms with Crippen LogP contribution in [-0.4, -0.2) is 27.9 Å². The van der Waals surface area contributed by atoms with Crippen LogP contribution in [0.15, 0.2) is 24.3 Å². The lowest BCUT2D eigenvalue weighted by Crippen LogP contribution is -2.08. The maximum absolute atomic E-state index is 11.5. The van der Waals surface area contributed by atoms with Crippen LogP contribution in [0.2, 0.25) is 0 Å². The quantitative estimate of drug-likeness (QED) is 0.612. The van der Waals surface area contributed by atoms with Crippen molar-refractivity contribution in [2.24, 2.45) is 0 Å². The third-order valence-corrected chi connectivity index (χ3v) is 3.73. The smallest absolute Gasteiger partial charge is 0.328 e. The molecule has 5 nitrogen and oxygen atoms in total. The van der Waals surface area contributed by atoms with E-state index >= 15 is 0 Å². The van der Waals surface area contributed by atoms with Crippen molar-refractivity contribution < 1.29 is 24.6 Å². The van der Waals surface area contributed by atoms with Crippen LogP contribution in [-0.2, 0) is 20.8 Å². The number of carboxylic acids is 2. The van der Waals surface area contributed by atoms with E-state index in [2.05, 4.69) is 15.9 Å². The predicted octanol–water partition coefficient (Wildman–Crippen LogP) is 2.44. The van der Waals surface area contributed by atoms with Crippen molar-refractivity contribution in [3.8, 4) is 0 Å². The Balaban J connectivity index is 3.39. The average molecular weight is 341 g/mol. The minimum absolute atomic E-state index is 0.151.